The van der Waals surface area contributed by atoms with Crippen molar-refractivity contribution >= 4 is 24.8 Å². The van der Waals surface area contributed by atoms with Crippen molar-refractivity contribution in [1.82, 2.24) is 5.32 Å². The monoisotopic (exact) mass is 219 g/mol. The first-order valence-electron chi connectivity index (χ1n) is 4.31. The van der Waals surface area contributed by atoms with Gasteiger partial charge < -0.3 is 21.2 Å². The zero-order chi connectivity index (χ0) is 11.0. The molecule has 6 heteroatoms. The maximum atomic E-state index is 11.3. The van der Waals surface area contributed by atoms with Crippen LogP contribution in [0.5, 0.6) is 0 Å². The molecule has 1 atom stereocenters. The molecule has 82 valence electrons. The second kappa shape index (κ2) is 6.80. The summed E-state index contributed by atoms with van der Waals surface area (Å²) in [5.41, 5.74) is 4.57. The maximum absolute atomic E-state index is 11.3. The van der Waals surface area contributed by atoms with E-state index in [9.17, 15) is 4.79 Å². The van der Waals surface area contributed by atoms with Gasteiger partial charge in [0.25, 0.3) is 0 Å². The van der Waals surface area contributed by atoms with E-state index in [0.717, 1.165) is 0 Å². The molecule has 0 amide bonds. The molecule has 0 heterocycles. The third kappa shape index (κ3) is 5.21. The number of esters is 1. The van der Waals surface area contributed by atoms with E-state index >= 15 is 0 Å². The Morgan fingerprint density at radius 3 is 2.93 bits per heavy atom. The maximum Gasteiger partial charge on any atom is 0.326 e. The van der Waals surface area contributed by atoms with Crippen LogP contribution in [0.15, 0.2) is 0 Å². The van der Waals surface area contributed by atoms with Crippen LogP contribution in [0.4, 0.5) is 0 Å². The molecule has 0 aliphatic heterocycles. The molecule has 5 nitrogen and oxygen atoms in total. The second-order valence-corrected chi connectivity index (χ2v) is 3.44. The largest absolute Gasteiger partial charge is 0.463 e. The van der Waals surface area contributed by atoms with E-state index in [0.29, 0.717) is 13.1 Å². The van der Waals surface area contributed by atoms with Gasteiger partial charge in [-0.15, -0.1) is 0 Å². The Hall–Kier alpha value is -0.590. The van der Waals surface area contributed by atoms with Gasteiger partial charge in [0, 0.05) is 25.1 Å². The summed E-state index contributed by atoms with van der Waals surface area (Å²) in [6, 6.07) is 0. The van der Waals surface area contributed by atoms with Crippen LogP contribution in [-0.2, 0) is 9.53 Å². The van der Waals surface area contributed by atoms with Gasteiger partial charge in [-0.3, -0.25) is 4.79 Å². The topological polar surface area (TPSA) is 88.2 Å². The van der Waals surface area contributed by atoms with Crippen LogP contribution in [-0.4, -0.2) is 43.2 Å². The number of rotatable bonds is 7. The van der Waals surface area contributed by atoms with E-state index in [4.69, 9.17) is 15.9 Å². The van der Waals surface area contributed by atoms with E-state index in [1.54, 1.807) is 6.92 Å². The number of ether oxygens (including phenoxy) is 1. The summed E-state index contributed by atoms with van der Waals surface area (Å²) in [5, 5.41) is 9.61. The molecule has 0 spiro atoms. The molecule has 0 unspecified atom stereocenters. The number of thiol groups is 1. The van der Waals surface area contributed by atoms with Gasteiger partial charge in [0.1, 0.15) is 12.1 Å². The third-order valence-electron chi connectivity index (χ3n) is 1.55. The Kier molecular flexibility index (Phi) is 6.52. The molecule has 0 rings (SSSR count). The van der Waals surface area contributed by atoms with Crippen molar-refractivity contribution in [2.45, 2.75) is 12.5 Å². The van der Waals surface area contributed by atoms with Crippen molar-refractivity contribution in [2.24, 2.45) is 5.73 Å². The summed E-state index contributed by atoms with van der Waals surface area (Å²) >= 11 is 3.95. The summed E-state index contributed by atoms with van der Waals surface area (Å²) in [6.07, 6.45) is 1.24. The van der Waals surface area contributed by atoms with Crippen molar-refractivity contribution < 1.29 is 9.53 Å². The molecule has 0 saturated heterocycles. The van der Waals surface area contributed by atoms with Gasteiger partial charge >= 0.3 is 5.97 Å². The fourth-order valence-corrected chi connectivity index (χ4v) is 0.749. The van der Waals surface area contributed by atoms with Gasteiger partial charge in [0.15, 0.2) is 0 Å². The number of carbonyl (C=O) groups excluding carboxylic acids is 1. The first kappa shape index (κ1) is 13.4. The Bertz CT molecular complexity index is 197. The normalized spacial score (nSPS) is 14.5. The summed E-state index contributed by atoms with van der Waals surface area (Å²) < 4.78 is 4.89. The summed E-state index contributed by atoms with van der Waals surface area (Å²) in [6.45, 7) is 2.83. The molecule has 0 fully saturated rings. The van der Waals surface area contributed by atoms with Crippen LogP contribution in [0.2, 0.25) is 0 Å². The first-order valence-corrected chi connectivity index (χ1v) is 4.94. The summed E-state index contributed by atoms with van der Waals surface area (Å²) in [7, 11) is 0. The van der Waals surface area contributed by atoms with Gasteiger partial charge in [0.2, 0.25) is 0 Å². The smallest absolute Gasteiger partial charge is 0.326 e. The molecule has 0 bridgehead atoms. The Morgan fingerprint density at radius 1 is 1.79 bits per heavy atom. The van der Waals surface area contributed by atoms with Gasteiger partial charge in [0.05, 0.1) is 0 Å². The molecule has 0 saturated carbocycles. The van der Waals surface area contributed by atoms with E-state index in [-0.39, 0.29) is 12.4 Å². The molecule has 14 heavy (non-hydrogen) atoms. The fourth-order valence-electron chi connectivity index (χ4n) is 0.620. The highest BCUT2D eigenvalue weighted by atomic mass is 32.1. The van der Waals surface area contributed by atoms with E-state index in [1.165, 1.54) is 6.21 Å². The second-order valence-electron chi connectivity index (χ2n) is 3.12. The first-order chi connectivity index (χ1) is 6.54. The quantitative estimate of drug-likeness (QED) is 0.200. The van der Waals surface area contributed by atoms with Gasteiger partial charge in [-0.25, -0.2) is 0 Å². The minimum atomic E-state index is -1.02. The number of hydrogen-bond donors (Lipinski definition) is 4. The highest BCUT2D eigenvalue weighted by Gasteiger charge is 2.27. The summed E-state index contributed by atoms with van der Waals surface area (Å²) in [5.74, 6) is -0.205. The van der Waals surface area contributed by atoms with Crippen molar-refractivity contribution in [3.63, 3.8) is 0 Å². The Balaban J connectivity index is 3.59. The highest BCUT2D eigenvalue weighted by molar-refractivity contribution is 7.80. The molecular formula is C8H17N3O2S. The molecule has 0 aromatic carbocycles. The lowest BCUT2D eigenvalue weighted by Crippen LogP contribution is -2.48. The van der Waals surface area contributed by atoms with Crippen LogP contribution < -0.4 is 11.1 Å². The van der Waals surface area contributed by atoms with Gasteiger partial charge in [-0.1, -0.05) is 0 Å². The molecule has 0 radical (unpaired) electrons. The van der Waals surface area contributed by atoms with E-state index in [1.807, 2.05) is 0 Å². The Morgan fingerprint density at radius 2 is 2.43 bits per heavy atom. The van der Waals surface area contributed by atoms with Crippen LogP contribution in [0, 0.1) is 5.41 Å². The van der Waals surface area contributed by atoms with Gasteiger partial charge in [-0.05, 0) is 6.92 Å². The summed E-state index contributed by atoms with van der Waals surface area (Å²) in [4.78, 5) is 11.3. The number of nitrogens with one attached hydrogen (secondary N) is 2. The van der Waals surface area contributed by atoms with Crippen LogP contribution in [0.1, 0.15) is 6.92 Å². The number of carbonyl (C=O) groups is 1. The fraction of sp³-hybridized carbons (Fsp3) is 0.750. The van der Waals surface area contributed by atoms with Crippen LogP contribution >= 0.6 is 12.6 Å². The Labute approximate surface area is 89.3 Å². The van der Waals surface area contributed by atoms with Crippen molar-refractivity contribution in [1.29, 1.82) is 5.41 Å². The average molecular weight is 219 g/mol. The lowest BCUT2D eigenvalue weighted by atomic mass is 10.1. The van der Waals surface area contributed by atoms with Crippen molar-refractivity contribution in [3.8, 4) is 0 Å². The van der Waals surface area contributed by atoms with Crippen molar-refractivity contribution in [2.75, 3.05) is 25.4 Å². The molecule has 0 aliphatic rings. The van der Waals surface area contributed by atoms with Crippen molar-refractivity contribution in [3.05, 3.63) is 0 Å². The third-order valence-corrected chi connectivity index (χ3v) is 2.21. The predicted octanol–water partition coefficient (Wildman–Crippen LogP) is -0.584. The van der Waals surface area contributed by atoms with E-state index < -0.39 is 11.5 Å². The predicted molar refractivity (Wildman–Crippen MR) is 59.1 cm³/mol. The minimum absolute atomic E-state index is 0.250. The highest BCUT2D eigenvalue weighted by Crippen LogP contribution is 2.03. The molecule has 4 N–H and O–H groups in total. The zero-order valence-electron chi connectivity index (χ0n) is 8.25. The van der Waals surface area contributed by atoms with E-state index in [2.05, 4.69) is 17.9 Å². The number of nitrogens with two attached hydrogens (primary N) is 1. The molecular weight excluding hydrogens is 202 g/mol. The average Bonchev–Trinajstić information content (AvgIpc) is 2.17. The van der Waals surface area contributed by atoms with Crippen LogP contribution in [0.3, 0.4) is 0 Å². The molecule has 0 aromatic rings. The lowest BCUT2D eigenvalue weighted by molar-refractivity contribution is -0.148. The van der Waals surface area contributed by atoms with Crippen LogP contribution in [0.25, 0.3) is 0 Å². The lowest BCUT2D eigenvalue weighted by Gasteiger charge is -2.19. The minimum Gasteiger partial charge on any atom is -0.463 e. The number of hydrogen-bond acceptors (Lipinski definition) is 6. The van der Waals surface area contributed by atoms with Gasteiger partial charge in [-0.2, -0.15) is 12.6 Å². The molecule has 0 aliphatic carbocycles. The zero-order valence-corrected chi connectivity index (χ0v) is 9.14. The molecule has 0 aromatic heterocycles. The standard InChI is InChI=1S/C8H17N3O2S/c1-8(10,6-14)7(12)13-5-4-11-3-2-9/h2,9,11,14H,3-6,10H2,1H3/t8-/m0/s1. The SMILES string of the molecule is C[C@](N)(CS)C(=O)OCCNCC=N.